The second-order valence-corrected chi connectivity index (χ2v) is 10.2. The van der Waals surface area contributed by atoms with Crippen LogP contribution < -0.4 is 0 Å². The highest BCUT2D eigenvalue weighted by Gasteiger charge is 2.75. The van der Waals surface area contributed by atoms with Crippen molar-refractivity contribution >= 4 is 11.9 Å². The highest BCUT2D eigenvalue weighted by molar-refractivity contribution is 5.91. The Bertz CT molecular complexity index is 827. The molecule has 5 aliphatic rings. The van der Waals surface area contributed by atoms with Crippen LogP contribution in [0.1, 0.15) is 45.4 Å². The van der Waals surface area contributed by atoms with Gasteiger partial charge in [0.2, 0.25) is 0 Å². The number of ketones is 1. The van der Waals surface area contributed by atoms with Crippen molar-refractivity contribution in [2.45, 2.75) is 51.0 Å². The highest BCUT2D eigenvalue weighted by atomic mass is 16.7. The summed E-state index contributed by atoms with van der Waals surface area (Å²) in [7, 11) is 0. The van der Waals surface area contributed by atoms with Crippen LogP contribution in [0.15, 0.2) is 36.6 Å². The van der Waals surface area contributed by atoms with E-state index in [9.17, 15) is 14.7 Å². The lowest BCUT2D eigenvalue weighted by molar-refractivity contribution is -0.124. The Morgan fingerprint density at radius 1 is 1.34 bits per heavy atom. The van der Waals surface area contributed by atoms with Gasteiger partial charge in [-0.1, -0.05) is 18.6 Å². The SMILES string of the molecule is C=C[C@H]1CC2=CC(=O)CC[C@@H]2[C@H]2CC[C@@]3(C)[C@@H]([C@@H]4C[C@@H]4[C@@]3(O)/C=C\OC(=O)O)[C@@H]21. The second kappa shape index (κ2) is 6.31. The zero-order chi connectivity index (χ0) is 20.6. The van der Waals surface area contributed by atoms with E-state index in [2.05, 4.69) is 24.3 Å². The average molecular weight is 398 g/mol. The van der Waals surface area contributed by atoms with Gasteiger partial charge in [0.15, 0.2) is 5.78 Å². The molecular formula is C24H30O5. The van der Waals surface area contributed by atoms with Crippen LogP contribution in [0.2, 0.25) is 0 Å². The molecule has 2 N–H and O–H groups in total. The fourth-order valence-corrected chi connectivity index (χ4v) is 8.06. The monoisotopic (exact) mass is 398 g/mol. The lowest BCUT2D eigenvalue weighted by Gasteiger charge is -2.58. The standard InChI is InChI=1S/C24H30O5/c1-3-13-10-14-11-15(25)4-5-16(14)17-6-7-23(2)21(20(13)17)18-12-19(18)24(23,28)8-9-29-22(26)27/h3,8-9,11,13,16-21,28H,1,4-7,10,12H2,2H3,(H,26,27)/b9-8-/t13-,16-,17+,18+,19-,20+,21-,23-,24-/m0/s1. The largest absolute Gasteiger partial charge is 0.510 e. The molecule has 5 aliphatic carbocycles. The van der Waals surface area contributed by atoms with Crippen LogP contribution in [0.3, 0.4) is 0 Å². The Labute approximate surface area is 171 Å². The molecule has 0 aromatic carbocycles. The van der Waals surface area contributed by atoms with E-state index in [1.807, 2.05) is 6.08 Å². The summed E-state index contributed by atoms with van der Waals surface area (Å²) in [4.78, 5) is 22.8. The van der Waals surface area contributed by atoms with Gasteiger partial charge in [-0.05, 0) is 85.7 Å². The van der Waals surface area contributed by atoms with E-state index in [0.717, 1.165) is 38.4 Å². The van der Waals surface area contributed by atoms with Gasteiger partial charge < -0.3 is 14.9 Å². The van der Waals surface area contributed by atoms with Gasteiger partial charge in [0.1, 0.15) is 0 Å². The molecule has 0 radical (unpaired) electrons. The van der Waals surface area contributed by atoms with E-state index in [-0.39, 0.29) is 17.1 Å². The molecule has 0 aromatic rings. The van der Waals surface area contributed by atoms with Crippen molar-refractivity contribution in [2.24, 2.45) is 46.8 Å². The van der Waals surface area contributed by atoms with Crippen LogP contribution in [-0.4, -0.2) is 27.8 Å². The van der Waals surface area contributed by atoms with Crippen LogP contribution in [0.4, 0.5) is 4.79 Å². The van der Waals surface area contributed by atoms with Crippen molar-refractivity contribution in [3.05, 3.63) is 36.6 Å². The van der Waals surface area contributed by atoms with Crippen molar-refractivity contribution in [1.29, 1.82) is 0 Å². The van der Waals surface area contributed by atoms with Crippen molar-refractivity contribution in [3.63, 3.8) is 0 Å². The van der Waals surface area contributed by atoms with Gasteiger partial charge in [-0.3, -0.25) is 4.79 Å². The summed E-state index contributed by atoms with van der Waals surface area (Å²) in [5, 5.41) is 20.5. The third-order valence-electron chi connectivity index (χ3n) is 9.22. The third kappa shape index (κ3) is 2.56. The molecule has 9 atom stereocenters. The lowest BCUT2D eigenvalue weighted by Crippen LogP contribution is -2.56. The molecule has 5 heteroatoms. The zero-order valence-corrected chi connectivity index (χ0v) is 16.9. The smallest absolute Gasteiger partial charge is 0.449 e. The molecule has 5 rings (SSSR count). The van der Waals surface area contributed by atoms with Gasteiger partial charge in [0.25, 0.3) is 0 Å². The number of rotatable bonds is 3. The predicted octanol–water partition coefficient (Wildman–Crippen LogP) is 4.34. The van der Waals surface area contributed by atoms with Crippen LogP contribution in [-0.2, 0) is 9.53 Å². The summed E-state index contributed by atoms with van der Waals surface area (Å²) < 4.78 is 4.61. The topological polar surface area (TPSA) is 83.8 Å². The number of aliphatic hydroxyl groups is 1. The van der Waals surface area contributed by atoms with Gasteiger partial charge in [0, 0.05) is 11.8 Å². The number of ether oxygens (including phenoxy) is 1. The van der Waals surface area contributed by atoms with E-state index in [1.165, 1.54) is 5.57 Å². The number of carbonyl (C=O) groups excluding carboxylic acids is 1. The molecule has 0 heterocycles. The Morgan fingerprint density at radius 3 is 2.86 bits per heavy atom. The first-order valence-electron chi connectivity index (χ1n) is 11.0. The maximum Gasteiger partial charge on any atom is 0.510 e. The Hall–Kier alpha value is -1.88. The Kier molecular flexibility index (Phi) is 4.16. The van der Waals surface area contributed by atoms with Crippen molar-refractivity contribution < 1.29 is 24.5 Å². The molecule has 0 aliphatic heterocycles. The number of hydrogen-bond acceptors (Lipinski definition) is 4. The summed E-state index contributed by atoms with van der Waals surface area (Å²) in [6, 6.07) is 0. The summed E-state index contributed by atoms with van der Waals surface area (Å²) in [6.45, 7) is 6.33. The first-order valence-corrected chi connectivity index (χ1v) is 11.0. The normalized spacial score (nSPS) is 50.1. The third-order valence-corrected chi connectivity index (χ3v) is 9.22. The van der Waals surface area contributed by atoms with Crippen molar-refractivity contribution in [3.8, 4) is 0 Å². The summed E-state index contributed by atoms with van der Waals surface area (Å²) in [5.74, 6) is 3.17. The number of hydrogen-bond donors (Lipinski definition) is 2. The van der Waals surface area contributed by atoms with Gasteiger partial charge >= 0.3 is 6.16 Å². The minimum absolute atomic E-state index is 0.181. The summed E-state index contributed by atoms with van der Waals surface area (Å²) >= 11 is 0. The second-order valence-electron chi connectivity index (χ2n) is 10.2. The van der Waals surface area contributed by atoms with E-state index >= 15 is 0 Å². The molecule has 0 spiro atoms. The molecule has 4 fully saturated rings. The molecule has 4 saturated carbocycles. The number of fused-ring (bicyclic) bond motifs is 7. The predicted molar refractivity (Wildman–Crippen MR) is 107 cm³/mol. The first kappa shape index (κ1) is 19.1. The minimum atomic E-state index is -1.36. The molecule has 0 aromatic heterocycles. The fourth-order valence-electron chi connectivity index (χ4n) is 8.06. The van der Waals surface area contributed by atoms with Gasteiger partial charge in [-0.2, -0.15) is 0 Å². The Balaban J connectivity index is 1.50. The van der Waals surface area contributed by atoms with Crippen molar-refractivity contribution in [1.82, 2.24) is 0 Å². The zero-order valence-electron chi connectivity index (χ0n) is 16.9. The molecule has 156 valence electrons. The molecule has 0 amide bonds. The average Bonchev–Trinajstić information content (AvgIpc) is 3.43. The van der Waals surface area contributed by atoms with Gasteiger partial charge in [0.05, 0.1) is 11.9 Å². The van der Waals surface area contributed by atoms with E-state index in [0.29, 0.717) is 41.9 Å². The molecule has 0 unspecified atom stereocenters. The van der Waals surface area contributed by atoms with E-state index < -0.39 is 11.8 Å². The molecule has 29 heavy (non-hydrogen) atoms. The van der Waals surface area contributed by atoms with E-state index in [4.69, 9.17) is 5.11 Å². The van der Waals surface area contributed by atoms with Crippen LogP contribution in [0.5, 0.6) is 0 Å². The molecular weight excluding hydrogens is 368 g/mol. The maximum atomic E-state index is 12.0. The van der Waals surface area contributed by atoms with Crippen LogP contribution in [0.25, 0.3) is 0 Å². The minimum Gasteiger partial charge on any atom is -0.449 e. The quantitative estimate of drug-likeness (QED) is 0.420. The fraction of sp³-hybridized carbons (Fsp3) is 0.667. The maximum absolute atomic E-state index is 12.0. The highest BCUT2D eigenvalue weighted by Crippen LogP contribution is 2.76. The van der Waals surface area contributed by atoms with E-state index in [1.54, 1.807) is 6.08 Å². The molecule has 0 saturated heterocycles. The molecule has 5 nitrogen and oxygen atoms in total. The van der Waals surface area contributed by atoms with Crippen LogP contribution in [0, 0.1) is 46.8 Å². The van der Waals surface area contributed by atoms with Crippen LogP contribution >= 0.6 is 0 Å². The number of carboxylic acid groups (broad SMARTS) is 1. The summed E-state index contributed by atoms with van der Waals surface area (Å²) in [5.41, 5.74) is 0.0200. The first-order chi connectivity index (χ1) is 13.8. The number of allylic oxidation sites excluding steroid dienone is 2. The molecule has 0 bridgehead atoms. The Morgan fingerprint density at radius 2 is 2.14 bits per heavy atom. The lowest BCUT2D eigenvalue weighted by atomic mass is 9.47. The summed E-state index contributed by atoms with van der Waals surface area (Å²) in [6.07, 6.45) is 10.9. The van der Waals surface area contributed by atoms with Gasteiger partial charge in [-0.25, -0.2) is 4.79 Å². The van der Waals surface area contributed by atoms with Gasteiger partial charge in [-0.15, -0.1) is 6.58 Å². The number of carbonyl (C=O) groups is 2. The van der Waals surface area contributed by atoms with Crippen molar-refractivity contribution in [2.75, 3.05) is 0 Å².